The third-order valence-electron chi connectivity index (χ3n) is 10.3. The number of carbonyl (C=O) groups is 2. The lowest BCUT2D eigenvalue weighted by Crippen LogP contribution is -2.42. The van der Waals surface area contributed by atoms with Gasteiger partial charge in [0.05, 0.1) is 31.0 Å². The van der Waals surface area contributed by atoms with Gasteiger partial charge in [-0.05, 0) is 74.3 Å². The maximum atomic E-state index is 13.9. The van der Waals surface area contributed by atoms with E-state index in [9.17, 15) is 18.4 Å². The summed E-state index contributed by atoms with van der Waals surface area (Å²) in [4.78, 5) is 34.5. The number of benzene rings is 3. The largest absolute Gasteiger partial charge is 0.495 e. The third kappa shape index (κ3) is 7.78. The summed E-state index contributed by atoms with van der Waals surface area (Å²) in [6.45, 7) is 3.33. The van der Waals surface area contributed by atoms with Gasteiger partial charge in [0.2, 0.25) is 0 Å². The molecule has 4 aliphatic rings. The molecule has 0 spiro atoms. The van der Waals surface area contributed by atoms with E-state index >= 15 is 0 Å². The van der Waals surface area contributed by atoms with Crippen LogP contribution in [0.25, 0.3) is 0 Å². The first-order valence-electron chi connectivity index (χ1n) is 17.7. The normalized spacial score (nSPS) is 21.4. The number of halogens is 4. The first kappa shape index (κ1) is 37.7. The van der Waals surface area contributed by atoms with E-state index in [0.717, 1.165) is 31.6 Å². The molecule has 4 bridgehead atoms. The number of piperidine rings is 3. The van der Waals surface area contributed by atoms with Crippen LogP contribution in [-0.2, 0) is 22.4 Å². The average molecular weight is 784 g/mol. The first-order valence-corrected chi connectivity index (χ1v) is 18.5. The molecule has 14 heteroatoms. The van der Waals surface area contributed by atoms with E-state index in [-0.39, 0.29) is 36.1 Å². The van der Waals surface area contributed by atoms with Gasteiger partial charge in [-0.15, -0.1) is 0 Å². The number of H-pyrrole nitrogens is 1. The van der Waals surface area contributed by atoms with E-state index < -0.39 is 30.4 Å². The number of anilines is 1. The molecule has 4 fully saturated rings. The Morgan fingerprint density at radius 1 is 0.963 bits per heavy atom. The van der Waals surface area contributed by atoms with E-state index in [4.69, 9.17) is 42.1 Å². The number of rotatable bonds is 14. The molecule has 1 N–H and O–H groups in total. The number of alkyl halides is 2. The molecular weight excluding hydrogens is 743 g/mol. The minimum Gasteiger partial charge on any atom is -0.495 e. The smallest absolute Gasteiger partial charge is 0.415 e. The molecule has 0 radical (unpaired) electrons. The molecule has 3 saturated heterocycles. The van der Waals surface area contributed by atoms with Crippen molar-refractivity contribution >= 4 is 41.0 Å². The standard InChI is InChI=1S/C40H39Cl2F2N3O7/c1-23(2)51-36-16-26(12-13-34(36)53-38(43)44)35(17-27-30(41)18-45-19-31(27)42)52-37(48)25-10-8-24(9-11-25)20-47(32-6-4-5-7-33(32)50-3)39(49)54-40-22-46-15-14-28(40)29(40)21-46/h4-13,16,18-19,23,28-29,35,38H,14-15,17,20-22H2,1-3H3/p+1/t28?,29?,35-,40+/m0/s1. The highest BCUT2D eigenvalue weighted by Crippen LogP contribution is 2.63. The lowest BCUT2D eigenvalue weighted by atomic mass is 10.0. The van der Waals surface area contributed by atoms with Gasteiger partial charge in [-0.3, -0.25) is 9.80 Å². The van der Waals surface area contributed by atoms with Gasteiger partial charge >= 0.3 is 18.7 Å². The van der Waals surface area contributed by atoms with Gasteiger partial charge in [0.15, 0.2) is 23.9 Å². The summed E-state index contributed by atoms with van der Waals surface area (Å²) in [5, 5.41) is 0.633. The Hall–Kier alpha value is -4.65. The Morgan fingerprint density at radius 2 is 1.70 bits per heavy atom. The van der Waals surface area contributed by atoms with E-state index in [1.54, 1.807) is 68.6 Å². The summed E-state index contributed by atoms with van der Waals surface area (Å²) in [6, 6.07) is 18.3. The molecule has 4 aromatic rings. The predicted octanol–water partition coefficient (Wildman–Crippen LogP) is 8.19. The summed E-state index contributed by atoms with van der Waals surface area (Å²) in [7, 11) is 1.55. The van der Waals surface area contributed by atoms with Crippen LogP contribution in [0.1, 0.15) is 53.4 Å². The minimum absolute atomic E-state index is 0.0552. The second-order valence-electron chi connectivity index (χ2n) is 14.0. The van der Waals surface area contributed by atoms with E-state index in [0.29, 0.717) is 44.4 Å². The van der Waals surface area contributed by atoms with Crippen molar-refractivity contribution in [3.8, 4) is 17.2 Å². The van der Waals surface area contributed by atoms with Gasteiger partial charge < -0.3 is 23.7 Å². The number of hydrogen-bond acceptors (Lipinski definition) is 8. The summed E-state index contributed by atoms with van der Waals surface area (Å²) in [5.74, 6) is 0.519. The summed E-state index contributed by atoms with van der Waals surface area (Å²) >= 11 is 13.0. The Kier molecular flexibility index (Phi) is 10.9. The van der Waals surface area contributed by atoms with Crippen LogP contribution in [0, 0.1) is 11.8 Å². The second-order valence-corrected chi connectivity index (χ2v) is 14.8. The van der Waals surface area contributed by atoms with Crippen molar-refractivity contribution < 1.29 is 47.0 Å². The number of pyridine rings is 1. The number of fused-ring (bicyclic) bond motifs is 1. The Balaban J connectivity index is 1.13. The molecule has 1 saturated carbocycles. The molecule has 1 amide bonds. The number of hydrogen-bond donors (Lipinski definition) is 0. The third-order valence-corrected chi connectivity index (χ3v) is 10.9. The van der Waals surface area contributed by atoms with Crippen LogP contribution in [0.2, 0.25) is 10.0 Å². The van der Waals surface area contributed by atoms with Crippen LogP contribution in [-0.4, -0.2) is 62.0 Å². The highest BCUT2D eigenvalue weighted by molar-refractivity contribution is 6.35. The number of nitrogens with zero attached hydrogens (tertiary/aromatic N) is 2. The van der Waals surface area contributed by atoms with Crippen molar-refractivity contribution in [1.82, 2.24) is 4.90 Å². The Morgan fingerprint density at radius 3 is 2.33 bits per heavy atom. The van der Waals surface area contributed by atoms with Gasteiger partial charge in [0, 0.05) is 36.9 Å². The molecule has 1 aliphatic carbocycles. The number of para-hydroxylation sites is 2. The topological polar surface area (TPSA) is 101 Å². The molecule has 284 valence electrons. The van der Waals surface area contributed by atoms with Crippen LogP contribution >= 0.6 is 23.2 Å². The quantitative estimate of drug-likeness (QED) is 0.118. The molecule has 10 nitrogen and oxygen atoms in total. The van der Waals surface area contributed by atoms with Gasteiger partial charge in [-0.1, -0.05) is 53.5 Å². The molecule has 1 aromatic heterocycles. The second kappa shape index (κ2) is 15.6. The maximum Gasteiger partial charge on any atom is 0.415 e. The van der Waals surface area contributed by atoms with Crippen LogP contribution in [0.3, 0.4) is 0 Å². The predicted molar refractivity (Wildman–Crippen MR) is 197 cm³/mol. The molecule has 8 rings (SSSR count). The SMILES string of the molecule is COc1ccccc1N(Cc1ccc(C(=O)O[C@@H](Cc2c(Cl)c[nH+]cc2Cl)c2ccc(OC(F)F)c(OC(C)C)c2)cc1)C(=O)O[C@]12CN3CCC1C2C3. The fourth-order valence-electron chi connectivity index (χ4n) is 7.70. The number of aromatic nitrogens is 1. The molecule has 5 atom stereocenters. The number of nitrogens with one attached hydrogen (secondary N) is 1. The van der Waals surface area contributed by atoms with Gasteiger partial charge in [-0.25, -0.2) is 14.6 Å². The number of methoxy groups -OCH3 is 1. The molecule has 54 heavy (non-hydrogen) atoms. The number of esters is 1. The fraction of sp³-hybridized carbons (Fsp3) is 0.375. The summed E-state index contributed by atoms with van der Waals surface area (Å²) in [5.41, 5.74) is 2.04. The zero-order valence-corrected chi connectivity index (χ0v) is 31.4. The van der Waals surface area contributed by atoms with Crippen LogP contribution in [0.15, 0.2) is 79.1 Å². The number of carbonyl (C=O) groups excluding carboxylic acids is 2. The Labute approximate surface area is 321 Å². The minimum atomic E-state index is -3.07. The van der Waals surface area contributed by atoms with Crippen LogP contribution < -0.4 is 24.1 Å². The average Bonchev–Trinajstić information content (AvgIpc) is 3.64. The first-order chi connectivity index (χ1) is 25.9. The molecule has 3 unspecified atom stereocenters. The fourth-order valence-corrected chi connectivity index (χ4v) is 8.23. The van der Waals surface area contributed by atoms with Crippen molar-refractivity contribution in [3.63, 3.8) is 0 Å². The lowest BCUT2D eigenvalue weighted by molar-refractivity contribution is -0.377. The zero-order chi connectivity index (χ0) is 38.1. The maximum absolute atomic E-state index is 13.9. The molecule has 3 aromatic carbocycles. The van der Waals surface area contributed by atoms with Gasteiger partial charge in [-0.2, -0.15) is 8.78 Å². The summed E-state index contributed by atoms with van der Waals surface area (Å²) < 4.78 is 54.9. The molecule has 4 heterocycles. The number of amides is 1. The monoisotopic (exact) mass is 782 g/mol. The number of aromatic amines is 1. The van der Waals surface area contributed by atoms with E-state index in [1.807, 2.05) is 18.2 Å². The van der Waals surface area contributed by atoms with Gasteiger partial charge in [0.25, 0.3) is 0 Å². The van der Waals surface area contributed by atoms with Crippen molar-refractivity contribution in [3.05, 3.63) is 111 Å². The van der Waals surface area contributed by atoms with Gasteiger partial charge in [0.1, 0.15) is 27.5 Å². The van der Waals surface area contributed by atoms with Crippen molar-refractivity contribution in [2.45, 2.75) is 57.7 Å². The van der Waals surface area contributed by atoms with Crippen LogP contribution in [0.5, 0.6) is 17.2 Å². The zero-order valence-electron chi connectivity index (χ0n) is 29.9. The highest BCUT2D eigenvalue weighted by atomic mass is 35.5. The van der Waals surface area contributed by atoms with Crippen molar-refractivity contribution in [2.75, 3.05) is 31.6 Å². The Bertz CT molecular complexity index is 1990. The summed E-state index contributed by atoms with van der Waals surface area (Å²) in [6.07, 6.45) is 2.40. The molecule has 3 aliphatic heterocycles. The lowest BCUT2D eigenvalue weighted by Gasteiger charge is -2.31. The van der Waals surface area contributed by atoms with E-state index in [2.05, 4.69) is 14.6 Å². The van der Waals surface area contributed by atoms with E-state index in [1.165, 1.54) is 18.2 Å². The number of ether oxygens (including phenoxy) is 5. The molecular formula is C40H40Cl2F2N3O7+. The van der Waals surface area contributed by atoms with Crippen molar-refractivity contribution in [1.29, 1.82) is 0 Å². The van der Waals surface area contributed by atoms with Crippen LogP contribution in [0.4, 0.5) is 19.3 Å². The highest BCUT2D eigenvalue weighted by Gasteiger charge is 2.74. The van der Waals surface area contributed by atoms with Crippen molar-refractivity contribution in [2.24, 2.45) is 11.8 Å².